The van der Waals surface area contributed by atoms with E-state index in [2.05, 4.69) is 10.6 Å². The van der Waals surface area contributed by atoms with Gasteiger partial charge >= 0.3 is 6.03 Å². The van der Waals surface area contributed by atoms with E-state index in [1.165, 1.54) is 0 Å². The van der Waals surface area contributed by atoms with E-state index in [0.29, 0.717) is 10.8 Å². The molecule has 4 nitrogen and oxygen atoms in total. The molecular formula is C17H19ClN2O2. The molecule has 0 aromatic heterocycles. The fraction of sp³-hybridized carbons (Fsp3) is 0.235. The Labute approximate surface area is 135 Å². The molecule has 0 bridgehead atoms. The Morgan fingerprint density at radius 3 is 2.45 bits per heavy atom. The van der Waals surface area contributed by atoms with Gasteiger partial charge in [0.1, 0.15) is 5.75 Å². The van der Waals surface area contributed by atoms with Crippen molar-refractivity contribution in [2.45, 2.75) is 27.0 Å². The number of halogens is 1. The standard InChI is InChI=1S/C17H19ClN2O2/c1-11-4-9-16(12(2)10-11)20-17(21)19-13(3)22-15-7-5-14(18)6-8-15/h4-10,13H,1-3H3,(H2,19,20,21). The van der Waals surface area contributed by atoms with Crippen molar-refractivity contribution in [1.29, 1.82) is 0 Å². The number of ether oxygens (including phenoxy) is 1. The lowest BCUT2D eigenvalue weighted by Gasteiger charge is -2.17. The van der Waals surface area contributed by atoms with Gasteiger partial charge in [-0.1, -0.05) is 29.3 Å². The maximum Gasteiger partial charge on any atom is 0.322 e. The van der Waals surface area contributed by atoms with E-state index in [9.17, 15) is 4.79 Å². The van der Waals surface area contributed by atoms with Crippen LogP contribution in [0, 0.1) is 13.8 Å². The maximum absolute atomic E-state index is 12.0. The van der Waals surface area contributed by atoms with Gasteiger partial charge in [0.05, 0.1) is 0 Å². The number of hydrogen-bond donors (Lipinski definition) is 2. The SMILES string of the molecule is Cc1ccc(NC(=O)NC(C)Oc2ccc(Cl)cc2)c(C)c1. The number of benzene rings is 2. The number of aryl methyl sites for hydroxylation is 2. The molecule has 1 atom stereocenters. The summed E-state index contributed by atoms with van der Waals surface area (Å²) in [7, 11) is 0. The molecule has 0 heterocycles. The molecule has 0 aliphatic rings. The van der Waals surface area contributed by atoms with E-state index in [4.69, 9.17) is 16.3 Å². The zero-order valence-corrected chi connectivity index (χ0v) is 13.6. The van der Waals surface area contributed by atoms with Crippen LogP contribution in [0.5, 0.6) is 5.75 Å². The summed E-state index contributed by atoms with van der Waals surface area (Å²) in [6, 6.07) is 12.5. The van der Waals surface area contributed by atoms with Crippen molar-refractivity contribution in [3.05, 3.63) is 58.6 Å². The highest BCUT2D eigenvalue weighted by molar-refractivity contribution is 6.30. The lowest BCUT2D eigenvalue weighted by Crippen LogP contribution is -2.39. The zero-order valence-electron chi connectivity index (χ0n) is 12.8. The molecule has 0 fully saturated rings. The molecule has 2 amide bonds. The van der Waals surface area contributed by atoms with E-state index in [-0.39, 0.29) is 6.03 Å². The summed E-state index contributed by atoms with van der Waals surface area (Å²) in [5, 5.41) is 6.18. The van der Waals surface area contributed by atoms with Gasteiger partial charge in [0.25, 0.3) is 0 Å². The van der Waals surface area contributed by atoms with Crippen LogP contribution < -0.4 is 15.4 Å². The first-order chi connectivity index (χ1) is 10.4. The predicted molar refractivity (Wildman–Crippen MR) is 89.6 cm³/mol. The summed E-state index contributed by atoms with van der Waals surface area (Å²) in [5.41, 5.74) is 2.95. The van der Waals surface area contributed by atoms with Crippen molar-refractivity contribution >= 4 is 23.3 Å². The fourth-order valence-electron chi connectivity index (χ4n) is 2.04. The second kappa shape index (κ2) is 7.18. The first-order valence-corrected chi connectivity index (χ1v) is 7.39. The molecule has 0 spiro atoms. The van der Waals surface area contributed by atoms with E-state index < -0.39 is 6.23 Å². The van der Waals surface area contributed by atoms with Crippen molar-refractivity contribution in [2.75, 3.05) is 5.32 Å². The summed E-state index contributed by atoms with van der Waals surface area (Å²) in [5.74, 6) is 0.642. The van der Waals surface area contributed by atoms with Crippen molar-refractivity contribution in [1.82, 2.24) is 5.32 Å². The Morgan fingerprint density at radius 1 is 1.14 bits per heavy atom. The molecule has 0 saturated carbocycles. The normalized spacial score (nSPS) is 11.6. The van der Waals surface area contributed by atoms with Crippen molar-refractivity contribution < 1.29 is 9.53 Å². The topological polar surface area (TPSA) is 50.4 Å². The highest BCUT2D eigenvalue weighted by Crippen LogP contribution is 2.17. The smallest absolute Gasteiger partial charge is 0.322 e. The van der Waals surface area contributed by atoms with Gasteiger partial charge in [-0.25, -0.2) is 4.79 Å². The van der Waals surface area contributed by atoms with Crippen LogP contribution >= 0.6 is 11.6 Å². The highest BCUT2D eigenvalue weighted by atomic mass is 35.5. The molecule has 2 N–H and O–H groups in total. The Balaban J connectivity index is 1.89. The van der Waals surface area contributed by atoms with E-state index >= 15 is 0 Å². The van der Waals surface area contributed by atoms with Crippen LogP contribution in [-0.2, 0) is 0 Å². The number of nitrogens with one attached hydrogen (secondary N) is 2. The summed E-state index contributed by atoms with van der Waals surface area (Å²) >= 11 is 5.81. The first-order valence-electron chi connectivity index (χ1n) is 7.01. The lowest BCUT2D eigenvalue weighted by molar-refractivity contribution is 0.183. The molecule has 116 valence electrons. The Hall–Kier alpha value is -2.20. The van der Waals surface area contributed by atoms with Crippen molar-refractivity contribution in [3.63, 3.8) is 0 Å². The number of anilines is 1. The van der Waals surface area contributed by atoms with Crippen LogP contribution in [0.1, 0.15) is 18.1 Å². The van der Waals surface area contributed by atoms with E-state index in [1.54, 1.807) is 31.2 Å². The third-order valence-corrected chi connectivity index (χ3v) is 3.34. The molecule has 0 aliphatic carbocycles. The molecule has 2 aromatic carbocycles. The van der Waals surface area contributed by atoms with Gasteiger partial charge in [0.2, 0.25) is 0 Å². The van der Waals surface area contributed by atoms with Crippen LogP contribution in [0.2, 0.25) is 5.02 Å². The van der Waals surface area contributed by atoms with Gasteiger partial charge in [0, 0.05) is 10.7 Å². The summed E-state index contributed by atoms with van der Waals surface area (Å²) in [6.07, 6.45) is -0.466. The number of carbonyl (C=O) groups excluding carboxylic acids is 1. The number of urea groups is 1. The molecule has 5 heteroatoms. The van der Waals surface area contributed by atoms with Crippen LogP contribution in [0.3, 0.4) is 0 Å². The lowest BCUT2D eigenvalue weighted by atomic mass is 10.1. The van der Waals surface area contributed by atoms with Gasteiger partial charge in [-0.3, -0.25) is 0 Å². The summed E-state index contributed by atoms with van der Waals surface area (Å²) in [6.45, 7) is 5.73. The Morgan fingerprint density at radius 2 is 1.82 bits per heavy atom. The molecule has 0 radical (unpaired) electrons. The largest absolute Gasteiger partial charge is 0.471 e. The number of carbonyl (C=O) groups is 1. The quantitative estimate of drug-likeness (QED) is 0.815. The Bertz CT molecular complexity index is 656. The van der Waals surface area contributed by atoms with Crippen molar-refractivity contribution in [3.8, 4) is 5.75 Å². The maximum atomic E-state index is 12.0. The molecule has 0 aliphatic heterocycles. The van der Waals surface area contributed by atoms with E-state index in [1.807, 2.05) is 32.0 Å². The monoisotopic (exact) mass is 318 g/mol. The van der Waals surface area contributed by atoms with Gasteiger partial charge in [-0.05, 0) is 56.7 Å². The first kappa shape index (κ1) is 16.2. The molecule has 2 aromatic rings. The highest BCUT2D eigenvalue weighted by Gasteiger charge is 2.09. The summed E-state index contributed by atoms with van der Waals surface area (Å²) in [4.78, 5) is 12.0. The van der Waals surface area contributed by atoms with E-state index in [0.717, 1.165) is 16.8 Å². The predicted octanol–water partition coefficient (Wildman–Crippen LogP) is 4.50. The van der Waals surface area contributed by atoms with Gasteiger partial charge in [-0.15, -0.1) is 0 Å². The van der Waals surface area contributed by atoms with Gasteiger partial charge in [-0.2, -0.15) is 0 Å². The van der Waals surface area contributed by atoms with Crippen LogP contribution in [-0.4, -0.2) is 12.3 Å². The van der Waals surface area contributed by atoms with Crippen LogP contribution in [0.15, 0.2) is 42.5 Å². The van der Waals surface area contributed by atoms with Gasteiger partial charge in [0.15, 0.2) is 6.23 Å². The number of hydrogen-bond acceptors (Lipinski definition) is 2. The second-order valence-electron chi connectivity index (χ2n) is 5.13. The summed E-state index contributed by atoms with van der Waals surface area (Å²) < 4.78 is 5.60. The third-order valence-electron chi connectivity index (χ3n) is 3.09. The minimum absolute atomic E-state index is 0.312. The third kappa shape index (κ3) is 4.67. The van der Waals surface area contributed by atoms with Crippen molar-refractivity contribution in [2.24, 2.45) is 0 Å². The second-order valence-corrected chi connectivity index (χ2v) is 5.57. The minimum Gasteiger partial charge on any atom is -0.471 e. The Kier molecular flexibility index (Phi) is 5.28. The zero-order chi connectivity index (χ0) is 16.1. The number of rotatable bonds is 4. The van der Waals surface area contributed by atoms with Crippen LogP contribution in [0.4, 0.5) is 10.5 Å². The molecular weight excluding hydrogens is 300 g/mol. The number of amides is 2. The fourth-order valence-corrected chi connectivity index (χ4v) is 2.17. The van der Waals surface area contributed by atoms with Gasteiger partial charge < -0.3 is 15.4 Å². The molecule has 22 heavy (non-hydrogen) atoms. The average molecular weight is 319 g/mol. The van der Waals surface area contributed by atoms with Crippen LogP contribution in [0.25, 0.3) is 0 Å². The molecule has 0 saturated heterocycles. The molecule has 1 unspecified atom stereocenters. The molecule has 2 rings (SSSR count). The minimum atomic E-state index is -0.466. The average Bonchev–Trinajstić information content (AvgIpc) is 2.44.